The quantitative estimate of drug-likeness (QED) is 0.828. The van der Waals surface area contributed by atoms with Crippen LogP contribution in [0, 0.1) is 17.1 Å². The molecule has 0 amide bonds. The Morgan fingerprint density at radius 3 is 3.00 bits per heavy atom. The molecule has 3 nitrogen and oxygen atoms in total. The van der Waals surface area contributed by atoms with Crippen molar-refractivity contribution in [3.05, 3.63) is 35.1 Å². The van der Waals surface area contributed by atoms with Crippen molar-refractivity contribution in [2.45, 2.75) is 31.8 Å². The van der Waals surface area contributed by atoms with Crippen molar-refractivity contribution in [2.75, 3.05) is 26.2 Å². The molecule has 1 unspecified atom stereocenters. The van der Waals surface area contributed by atoms with Crippen LogP contribution in [0.15, 0.2) is 18.2 Å². The van der Waals surface area contributed by atoms with Crippen LogP contribution in [0.5, 0.6) is 0 Å². The Labute approximate surface area is 119 Å². The molecule has 1 aromatic carbocycles. The molecule has 0 radical (unpaired) electrons. The van der Waals surface area contributed by atoms with E-state index < -0.39 is 5.82 Å². The Morgan fingerprint density at radius 2 is 2.15 bits per heavy atom. The number of nitriles is 1. The average Bonchev–Trinajstić information content (AvgIpc) is 2.49. The summed E-state index contributed by atoms with van der Waals surface area (Å²) in [6, 6.07) is 7.49. The van der Waals surface area contributed by atoms with Crippen LogP contribution in [0.4, 0.5) is 4.39 Å². The van der Waals surface area contributed by atoms with Gasteiger partial charge in [0.1, 0.15) is 11.9 Å². The van der Waals surface area contributed by atoms with Gasteiger partial charge in [0.15, 0.2) is 0 Å². The smallest absolute Gasteiger partial charge is 0.140 e. The van der Waals surface area contributed by atoms with Crippen molar-refractivity contribution in [3.8, 4) is 6.07 Å². The van der Waals surface area contributed by atoms with Gasteiger partial charge in [0, 0.05) is 32.2 Å². The summed E-state index contributed by atoms with van der Waals surface area (Å²) < 4.78 is 13.3. The van der Waals surface area contributed by atoms with E-state index in [2.05, 4.69) is 9.80 Å². The highest BCUT2D eigenvalue weighted by atomic mass is 19.1. The Balaban J connectivity index is 1.65. The van der Waals surface area contributed by atoms with Gasteiger partial charge < -0.3 is 0 Å². The van der Waals surface area contributed by atoms with E-state index in [1.807, 2.05) is 6.07 Å². The van der Waals surface area contributed by atoms with Crippen molar-refractivity contribution in [2.24, 2.45) is 0 Å². The number of nitrogens with zero attached hydrogens (tertiary/aromatic N) is 3. The molecule has 1 atom stereocenters. The molecule has 1 aromatic rings. The van der Waals surface area contributed by atoms with Gasteiger partial charge in [-0.05, 0) is 37.1 Å². The predicted octanol–water partition coefficient (Wildman–Crippen LogP) is 2.37. The summed E-state index contributed by atoms with van der Waals surface area (Å²) in [5.74, 6) is -0.423. The van der Waals surface area contributed by atoms with Crippen LogP contribution in [0.1, 0.15) is 30.4 Å². The van der Waals surface area contributed by atoms with Crippen LogP contribution >= 0.6 is 0 Å². The predicted molar refractivity (Wildman–Crippen MR) is 75.6 cm³/mol. The lowest BCUT2D eigenvalue weighted by Crippen LogP contribution is -2.54. The fourth-order valence-electron chi connectivity index (χ4n) is 3.38. The van der Waals surface area contributed by atoms with Crippen LogP contribution in [0.25, 0.3) is 0 Å². The lowest BCUT2D eigenvalue weighted by Gasteiger charge is -2.44. The summed E-state index contributed by atoms with van der Waals surface area (Å²) in [7, 11) is 0. The third-order valence-electron chi connectivity index (χ3n) is 4.48. The summed E-state index contributed by atoms with van der Waals surface area (Å²) in [4.78, 5) is 5.03. The molecule has 0 saturated carbocycles. The standard InChI is InChI=1S/C16H20FN3/c17-16-5-4-13(9-14(16)10-18)11-19-7-8-20-6-2-1-3-15(20)12-19/h4-5,9,15H,1-3,6-8,11-12H2. The van der Waals surface area contributed by atoms with Gasteiger partial charge in [-0.15, -0.1) is 0 Å². The van der Waals surface area contributed by atoms with Gasteiger partial charge >= 0.3 is 0 Å². The zero-order valence-corrected chi connectivity index (χ0v) is 11.7. The van der Waals surface area contributed by atoms with Crippen LogP contribution < -0.4 is 0 Å². The van der Waals surface area contributed by atoms with E-state index in [1.54, 1.807) is 12.1 Å². The average molecular weight is 273 g/mol. The molecule has 2 aliphatic rings. The minimum absolute atomic E-state index is 0.152. The van der Waals surface area contributed by atoms with Crippen molar-refractivity contribution in [1.29, 1.82) is 5.26 Å². The molecule has 0 spiro atoms. The number of fused-ring (bicyclic) bond motifs is 1. The Hall–Kier alpha value is -1.44. The molecule has 2 heterocycles. The second-order valence-electron chi connectivity index (χ2n) is 5.85. The number of piperidine rings is 1. The van der Waals surface area contributed by atoms with Crippen LogP contribution in [-0.4, -0.2) is 42.0 Å². The second-order valence-corrected chi connectivity index (χ2v) is 5.85. The highest BCUT2D eigenvalue weighted by molar-refractivity contribution is 5.34. The van der Waals surface area contributed by atoms with Gasteiger partial charge in [-0.2, -0.15) is 5.26 Å². The number of halogens is 1. The van der Waals surface area contributed by atoms with Gasteiger partial charge in [-0.25, -0.2) is 4.39 Å². The van der Waals surface area contributed by atoms with Gasteiger partial charge in [0.05, 0.1) is 5.56 Å². The number of piperazine rings is 1. The first-order chi connectivity index (χ1) is 9.76. The van der Waals surface area contributed by atoms with Crippen molar-refractivity contribution in [1.82, 2.24) is 9.80 Å². The Morgan fingerprint density at radius 1 is 1.25 bits per heavy atom. The Bertz CT molecular complexity index is 523. The highest BCUT2D eigenvalue weighted by Crippen LogP contribution is 2.22. The SMILES string of the molecule is N#Cc1cc(CN2CCN3CCCCC3C2)ccc1F. The third kappa shape index (κ3) is 2.84. The summed E-state index contributed by atoms with van der Waals surface area (Å²) in [6.45, 7) is 5.36. The number of hydrogen-bond acceptors (Lipinski definition) is 3. The first-order valence-corrected chi connectivity index (χ1v) is 7.41. The zero-order chi connectivity index (χ0) is 13.9. The summed E-state index contributed by atoms with van der Waals surface area (Å²) in [6.07, 6.45) is 3.97. The van der Waals surface area contributed by atoms with Crippen LogP contribution in [0.2, 0.25) is 0 Å². The minimum atomic E-state index is -0.423. The fraction of sp³-hybridized carbons (Fsp3) is 0.562. The van der Waals surface area contributed by atoms with Crippen molar-refractivity contribution < 1.29 is 4.39 Å². The first kappa shape index (κ1) is 13.5. The van der Waals surface area contributed by atoms with Gasteiger partial charge in [0.25, 0.3) is 0 Å². The molecule has 20 heavy (non-hydrogen) atoms. The molecule has 2 aliphatic heterocycles. The van der Waals surface area contributed by atoms with Crippen LogP contribution in [0.3, 0.4) is 0 Å². The van der Waals surface area contributed by atoms with Crippen LogP contribution in [-0.2, 0) is 6.54 Å². The molecular weight excluding hydrogens is 253 g/mol. The van der Waals surface area contributed by atoms with E-state index in [0.717, 1.165) is 31.7 Å². The van der Waals surface area contributed by atoms with E-state index in [-0.39, 0.29) is 5.56 Å². The highest BCUT2D eigenvalue weighted by Gasteiger charge is 2.28. The zero-order valence-electron chi connectivity index (χ0n) is 11.7. The molecule has 0 aliphatic carbocycles. The maximum absolute atomic E-state index is 13.3. The maximum Gasteiger partial charge on any atom is 0.140 e. The monoisotopic (exact) mass is 273 g/mol. The van der Waals surface area contributed by atoms with E-state index in [1.165, 1.54) is 31.9 Å². The van der Waals surface area contributed by atoms with Crippen molar-refractivity contribution in [3.63, 3.8) is 0 Å². The lowest BCUT2D eigenvalue weighted by molar-refractivity contribution is 0.0457. The van der Waals surface area contributed by atoms with Gasteiger partial charge in [-0.3, -0.25) is 9.80 Å². The van der Waals surface area contributed by atoms with E-state index in [9.17, 15) is 4.39 Å². The maximum atomic E-state index is 13.3. The molecular formula is C16H20FN3. The number of rotatable bonds is 2. The third-order valence-corrected chi connectivity index (χ3v) is 4.48. The second kappa shape index (κ2) is 5.90. The Kier molecular flexibility index (Phi) is 4.00. The molecule has 0 N–H and O–H groups in total. The van der Waals surface area contributed by atoms with Gasteiger partial charge in [0.2, 0.25) is 0 Å². The molecule has 4 heteroatoms. The topological polar surface area (TPSA) is 30.3 Å². The van der Waals surface area contributed by atoms with E-state index >= 15 is 0 Å². The number of benzene rings is 1. The largest absolute Gasteiger partial charge is 0.298 e. The molecule has 3 rings (SSSR count). The van der Waals surface area contributed by atoms with E-state index in [4.69, 9.17) is 5.26 Å². The minimum Gasteiger partial charge on any atom is -0.298 e. The van der Waals surface area contributed by atoms with E-state index in [0.29, 0.717) is 6.04 Å². The summed E-state index contributed by atoms with van der Waals surface area (Å²) in [5, 5.41) is 8.89. The lowest BCUT2D eigenvalue weighted by atomic mass is 9.99. The molecule has 106 valence electrons. The van der Waals surface area contributed by atoms with Gasteiger partial charge in [-0.1, -0.05) is 12.5 Å². The molecule has 0 aromatic heterocycles. The summed E-state index contributed by atoms with van der Waals surface area (Å²) in [5.41, 5.74) is 1.19. The fourth-order valence-corrected chi connectivity index (χ4v) is 3.38. The number of hydrogen-bond donors (Lipinski definition) is 0. The normalized spacial score (nSPS) is 24.1. The molecule has 2 saturated heterocycles. The summed E-state index contributed by atoms with van der Waals surface area (Å²) >= 11 is 0. The first-order valence-electron chi connectivity index (χ1n) is 7.41. The molecule has 2 fully saturated rings. The molecule has 0 bridgehead atoms. The van der Waals surface area contributed by atoms with Crippen molar-refractivity contribution >= 4 is 0 Å².